The Morgan fingerprint density at radius 2 is 1.77 bits per heavy atom. The zero-order chi connectivity index (χ0) is 22.4. The van der Waals surface area contributed by atoms with Crippen molar-refractivity contribution in [3.8, 4) is 22.6 Å². The normalized spacial score (nSPS) is 10.6. The average Bonchev–Trinajstić information content (AvgIpc) is 3.09. The molecule has 0 unspecified atom stereocenters. The smallest absolute Gasteiger partial charge is 0.245 e. The van der Waals surface area contributed by atoms with Gasteiger partial charge in [0, 0.05) is 19.0 Å². The Morgan fingerprint density at radius 3 is 2.35 bits per heavy atom. The molecule has 0 atom stereocenters. The fraction of sp³-hybridized carbons (Fsp3) is 0.292. The number of rotatable bonds is 8. The Morgan fingerprint density at radius 1 is 1.10 bits per heavy atom. The predicted octanol–water partition coefficient (Wildman–Crippen LogP) is 4.05. The van der Waals surface area contributed by atoms with E-state index in [1.54, 1.807) is 16.7 Å². The van der Waals surface area contributed by atoms with E-state index in [1.165, 1.54) is 6.92 Å². The van der Waals surface area contributed by atoms with Crippen molar-refractivity contribution in [1.82, 2.24) is 14.7 Å². The highest BCUT2D eigenvalue weighted by atomic mass is 16.5. The number of carbonyl (C=O) groups is 2. The Kier molecular flexibility index (Phi) is 7.07. The van der Waals surface area contributed by atoms with E-state index in [2.05, 4.69) is 5.32 Å². The van der Waals surface area contributed by atoms with Crippen molar-refractivity contribution in [1.29, 1.82) is 0 Å². The molecule has 0 aliphatic rings. The number of nitrogens with one attached hydrogen (secondary N) is 1. The Bertz CT molecular complexity index is 1040. The van der Waals surface area contributed by atoms with E-state index >= 15 is 0 Å². The molecule has 2 amide bonds. The van der Waals surface area contributed by atoms with Crippen LogP contribution in [-0.2, 0) is 9.59 Å². The monoisotopic (exact) mass is 420 g/mol. The molecule has 7 heteroatoms. The topological polar surface area (TPSA) is 76.5 Å². The second-order valence-corrected chi connectivity index (χ2v) is 7.27. The molecular formula is C24H28N4O3. The first-order valence-corrected chi connectivity index (χ1v) is 10.3. The quantitative estimate of drug-likeness (QED) is 0.596. The second kappa shape index (κ2) is 9.93. The van der Waals surface area contributed by atoms with E-state index in [-0.39, 0.29) is 18.4 Å². The molecule has 0 aliphatic carbocycles. The van der Waals surface area contributed by atoms with Crippen LogP contribution < -0.4 is 10.1 Å². The number of ether oxygens (including phenoxy) is 1. The third-order valence-corrected chi connectivity index (χ3v) is 4.97. The molecule has 162 valence electrons. The zero-order valence-corrected chi connectivity index (χ0v) is 18.4. The summed E-state index contributed by atoms with van der Waals surface area (Å²) in [5.74, 6) is 0.910. The molecule has 1 N–H and O–H groups in total. The number of aryl methyl sites for hydroxylation is 1. The zero-order valence-electron chi connectivity index (χ0n) is 18.4. The third kappa shape index (κ3) is 5.12. The van der Waals surface area contributed by atoms with Crippen LogP contribution in [-0.4, -0.2) is 46.7 Å². The van der Waals surface area contributed by atoms with Crippen LogP contribution in [0, 0.1) is 6.92 Å². The second-order valence-electron chi connectivity index (χ2n) is 7.27. The highest BCUT2D eigenvalue weighted by Gasteiger charge is 2.21. The average molecular weight is 421 g/mol. The molecular weight excluding hydrogens is 392 g/mol. The standard InChI is InChI=1S/C24H28N4O3/c1-5-15-27(18(3)29)16-22(30)25-24-23(19-9-7-6-8-10-19)17(2)26-28(24)20-11-13-21(31-4)14-12-20/h6-14H,5,15-16H2,1-4H3,(H,25,30). The van der Waals surface area contributed by atoms with Crippen molar-refractivity contribution >= 4 is 17.6 Å². The highest BCUT2D eigenvalue weighted by Crippen LogP contribution is 2.33. The molecule has 7 nitrogen and oxygen atoms in total. The molecule has 31 heavy (non-hydrogen) atoms. The van der Waals surface area contributed by atoms with Gasteiger partial charge in [-0.2, -0.15) is 5.10 Å². The highest BCUT2D eigenvalue weighted by molar-refractivity contribution is 5.97. The van der Waals surface area contributed by atoms with Crippen molar-refractivity contribution in [3.05, 3.63) is 60.3 Å². The fourth-order valence-electron chi connectivity index (χ4n) is 3.47. The molecule has 0 spiro atoms. The minimum absolute atomic E-state index is 0.00968. The SMILES string of the molecule is CCCN(CC(=O)Nc1c(-c2ccccc2)c(C)nn1-c1ccc(OC)cc1)C(C)=O. The maximum atomic E-state index is 12.9. The van der Waals surface area contributed by atoms with E-state index in [0.717, 1.165) is 34.7 Å². The Balaban J connectivity index is 2.02. The maximum Gasteiger partial charge on any atom is 0.245 e. The number of anilines is 1. The molecule has 0 bridgehead atoms. The predicted molar refractivity (Wildman–Crippen MR) is 121 cm³/mol. The summed E-state index contributed by atoms with van der Waals surface area (Å²) in [7, 11) is 1.61. The van der Waals surface area contributed by atoms with Crippen LogP contribution in [0.5, 0.6) is 5.75 Å². The number of amides is 2. The molecule has 3 aromatic rings. The summed E-state index contributed by atoms with van der Waals surface area (Å²) in [6.45, 7) is 5.89. The van der Waals surface area contributed by atoms with E-state index < -0.39 is 0 Å². The van der Waals surface area contributed by atoms with Gasteiger partial charge in [-0.15, -0.1) is 0 Å². The van der Waals surface area contributed by atoms with E-state index in [1.807, 2.05) is 68.4 Å². The van der Waals surface area contributed by atoms with Gasteiger partial charge in [0.05, 0.1) is 25.0 Å². The lowest BCUT2D eigenvalue weighted by atomic mass is 10.1. The van der Waals surface area contributed by atoms with Crippen LogP contribution in [0.15, 0.2) is 54.6 Å². The van der Waals surface area contributed by atoms with Crippen LogP contribution in [0.4, 0.5) is 5.82 Å². The van der Waals surface area contributed by atoms with E-state index in [4.69, 9.17) is 9.84 Å². The molecule has 3 rings (SSSR count). The van der Waals surface area contributed by atoms with Gasteiger partial charge in [-0.3, -0.25) is 9.59 Å². The summed E-state index contributed by atoms with van der Waals surface area (Å²) in [6, 6.07) is 17.3. The number of benzene rings is 2. The van der Waals surface area contributed by atoms with Gasteiger partial charge in [0.1, 0.15) is 11.6 Å². The summed E-state index contributed by atoms with van der Waals surface area (Å²) in [6.07, 6.45) is 0.783. The van der Waals surface area contributed by atoms with Crippen molar-refractivity contribution < 1.29 is 14.3 Å². The maximum absolute atomic E-state index is 12.9. The lowest BCUT2D eigenvalue weighted by molar-refractivity contribution is -0.132. The van der Waals surface area contributed by atoms with Gasteiger partial charge in [-0.25, -0.2) is 4.68 Å². The number of hydrogen-bond donors (Lipinski definition) is 1. The molecule has 0 fully saturated rings. The molecule has 1 heterocycles. The summed E-state index contributed by atoms with van der Waals surface area (Å²) in [4.78, 5) is 26.3. The van der Waals surface area contributed by atoms with Crippen molar-refractivity contribution in [2.45, 2.75) is 27.2 Å². The van der Waals surface area contributed by atoms with Gasteiger partial charge < -0.3 is 15.0 Å². The minimum atomic E-state index is -0.268. The minimum Gasteiger partial charge on any atom is -0.497 e. The van der Waals surface area contributed by atoms with Gasteiger partial charge in [0.15, 0.2) is 0 Å². The van der Waals surface area contributed by atoms with Crippen LogP contribution in [0.3, 0.4) is 0 Å². The molecule has 2 aromatic carbocycles. The molecule has 0 saturated heterocycles. The van der Waals surface area contributed by atoms with Gasteiger partial charge >= 0.3 is 0 Å². The number of aromatic nitrogens is 2. The number of hydrogen-bond acceptors (Lipinski definition) is 4. The van der Waals surface area contributed by atoms with Crippen molar-refractivity contribution in [2.75, 3.05) is 25.5 Å². The van der Waals surface area contributed by atoms with Crippen LogP contribution >= 0.6 is 0 Å². The Hall–Kier alpha value is -3.61. The first kappa shape index (κ1) is 22.1. The Labute approximate surface area is 182 Å². The van der Waals surface area contributed by atoms with Gasteiger partial charge in [-0.05, 0) is 43.2 Å². The summed E-state index contributed by atoms with van der Waals surface area (Å²) >= 11 is 0. The van der Waals surface area contributed by atoms with Crippen molar-refractivity contribution in [2.24, 2.45) is 0 Å². The molecule has 1 aromatic heterocycles. The van der Waals surface area contributed by atoms with E-state index in [0.29, 0.717) is 12.4 Å². The lowest BCUT2D eigenvalue weighted by Crippen LogP contribution is -2.37. The van der Waals surface area contributed by atoms with Gasteiger partial charge in [-0.1, -0.05) is 37.3 Å². The number of carbonyl (C=O) groups excluding carboxylic acids is 2. The van der Waals surface area contributed by atoms with Crippen LogP contribution in [0.25, 0.3) is 16.8 Å². The first-order valence-electron chi connectivity index (χ1n) is 10.3. The molecule has 0 aliphatic heterocycles. The first-order chi connectivity index (χ1) is 14.9. The van der Waals surface area contributed by atoms with Crippen LogP contribution in [0.1, 0.15) is 26.0 Å². The summed E-state index contributed by atoms with van der Waals surface area (Å²) in [5.41, 5.74) is 3.37. The van der Waals surface area contributed by atoms with Gasteiger partial charge in [0.25, 0.3) is 0 Å². The summed E-state index contributed by atoms with van der Waals surface area (Å²) < 4.78 is 6.97. The van der Waals surface area contributed by atoms with E-state index in [9.17, 15) is 9.59 Å². The van der Waals surface area contributed by atoms with Crippen molar-refractivity contribution in [3.63, 3.8) is 0 Å². The molecule has 0 saturated carbocycles. The van der Waals surface area contributed by atoms with Crippen LogP contribution in [0.2, 0.25) is 0 Å². The van der Waals surface area contributed by atoms with Gasteiger partial charge in [0.2, 0.25) is 11.8 Å². The number of nitrogens with zero attached hydrogens (tertiary/aromatic N) is 3. The summed E-state index contributed by atoms with van der Waals surface area (Å²) in [5, 5.41) is 7.70. The molecule has 0 radical (unpaired) electrons. The third-order valence-electron chi connectivity index (χ3n) is 4.97. The number of methoxy groups -OCH3 is 1. The fourth-order valence-corrected chi connectivity index (χ4v) is 3.47. The largest absolute Gasteiger partial charge is 0.497 e. The lowest BCUT2D eigenvalue weighted by Gasteiger charge is -2.20.